The maximum Gasteiger partial charge on any atom is 0.154 e. The van der Waals surface area contributed by atoms with E-state index in [-0.39, 0.29) is 5.82 Å². The number of thiophene rings is 1. The standard InChI is InChI=1S/C15H15FN4S/c16-11-3-1-4-12(9-11)20(7-2-6-17)15-14-13(5-8-21-14)18-10-19-15/h1,3-5,8-10H,2,6-7,17H2. The molecular weight excluding hydrogens is 287 g/mol. The highest BCUT2D eigenvalue weighted by Crippen LogP contribution is 2.32. The summed E-state index contributed by atoms with van der Waals surface area (Å²) in [5.41, 5.74) is 7.30. The summed E-state index contributed by atoms with van der Waals surface area (Å²) in [6.07, 6.45) is 2.34. The van der Waals surface area contributed by atoms with Crippen LogP contribution in [-0.4, -0.2) is 23.1 Å². The third-order valence-electron chi connectivity index (χ3n) is 3.19. The highest BCUT2D eigenvalue weighted by molar-refractivity contribution is 7.17. The molecule has 0 unspecified atom stereocenters. The molecular formula is C15H15FN4S. The molecule has 3 rings (SSSR count). The van der Waals surface area contributed by atoms with Gasteiger partial charge >= 0.3 is 0 Å². The van der Waals surface area contributed by atoms with E-state index in [1.807, 2.05) is 22.4 Å². The Bertz CT molecular complexity index is 743. The Labute approximate surface area is 126 Å². The zero-order valence-electron chi connectivity index (χ0n) is 11.4. The summed E-state index contributed by atoms with van der Waals surface area (Å²) in [6.45, 7) is 1.26. The van der Waals surface area contributed by atoms with Crippen LogP contribution in [0.25, 0.3) is 10.2 Å². The van der Waals surface area contributed by atoms with Crippen molar-refractivity contribution in [1.29, 1.82) is 0 Å². The van der Waals surface area contributed by atoms with Crippen LogP contribution in [0.5, 0.6) is 0 Å². The van der Waals surface area contributed by atoms with Gasteiger partial charge in [0.2, 0.25) is 0 Å². The van der Waals surface area contributed by atoms with Crippen molar-refractivity contribution in [3.63, 3.8) is 0 Å². The highest BCUT2D eigenvalue weighted by atomic mass is 32.1. The summed E-state index contributed by atoms with van der Waals surface area (Å²) < 4.78 is 14.5. The Balaban J connectivity index is 2.08. The SMILES string of the molecule is NCCCN(c1cccc(F)c1)c1ncnc2ccsc12. The molecule has 0 spiro atoms. The van der Waals surface area contributed by atoms with Crippen LogP contribution in [0.3, 0.4) is 0 Å². The number of rotatable bonds is 5. The minimum atomic E-state index is -0.262. The molecule has 0 atom stereocenters. The van der Waals surface area contributed by atoms with Crippen molar-refractivity contribution in [3.05, 3.63) is 47.9 Å². The van der Waals surface area contributed by atoms with Crippen molar-refractivity contribution >= 4 is 33.1 Å². The lowest BCUT2D eigenvalue weighted by Crippen LogP contribution is -2.22. The van der Waals surface area contributed by atoms with E-state index in [2.05, 4.69) is 9.97 Å². The van der Waals surface area contributed by atoms with Crippen LogP contribution in [0.1, 0.15) is 6.42 Å². The lowest BCUT2D eigenvalue weighted by atomic mass is 10.2. The predicted molar refractivity (Wildman–Crippen MR) is 84.5 cm³/mol. The molecule has 108 valence electrons. The van der Waals surface area contributed by atoms with Gasteiger partial charge in [0.1, 0.15) is 12.1 Å². The van der Waals surface area contributed by atoms with Gasteiger partial charge in [0.25, 0.3) is 0 Å². The van der Waals surface area contributed by atoms with E-state index < -0.39 is 0 Å². The van der Waals surface area contributed by atoms with E-state index in [1.165, 1.54) is 12.1 Å². The Hall–Kier alpha value is -2.05. The maximum atomic E-state index is 13.5. The first-order valence-electron chi connectivity index (χ1n) is 6.71. The average molecular weight is 302 g/mol. The Morgan fingerprint density at radius 1 is 1.24 bits per heavy atom. The summed E-state index contributed by atoms with van der Waals surface area (Å²) in [7, 11) is 0. The second-order valence-electron chi connectivity index (χ2n) is 4.61. The van der Waals surface area contributed by atoms with E-state index in [1.54, 1.807) is 23.7 Å². The Kier molecular flexibility index (Phi) is 4.08. The second kappa shape index (κ2) is 6.15. The van der Waals surface area contributed by atoms with Crippen LogP contribution in [0.4, 0.5) is 15.9 Å². The normalized spacial score (nSPS) is 11.0. The van der Waals surface area contributed by atoms with Crippen molar-refractivity contribution in [1.82, 2.24) is 9.97 Å². The number of fused-ring (bicyclic) bond motifs is 1. The molecule has 0 fully saturated rings. The molecule has 2 heterocycles. The van der Waals surface area contributed by atoms with E-state index in [0.29, 0.717) is 13.1 Å². The largest absolute Gasteiger partial charge is 0.330 e. The molecule has 0 aliphatic rings. The molecule has 0 bridgehead atoms. The smallest absolute Gasteiger partial charge is 0.154 e. The molecule has 0 saturated carbocycles. The van der Waals surface area contributed by atoms with Crippen molar-refractivity contribution in [2.24, 2.45) is 5.73 Å². The van der Waals surface area contributed by atoms with Crippen LogP contribution >= 0.6 is 11.3 Å². The zero-order valence-corrected chi connectivity index (χ0v) is 12.2. The molecule has 3 aromatic rings. The molecule has 2 aromatic heterocycles. The number of anilines is 2. The van der Waals surface area contributed by atoms with Crippen LogP contribution in [0, 0.1) is 5.82 Å². The lowest BCUT2D eigenvalue weighted by molar-refractivity contribution is 0.627. The second-order valence-corrected chi connectivity index (χ2v) is 5.52. The minimum Gasteiger partial charge on any atom is -0.330 e. The van der Waals surface area contributed by atoms with E-state index in [4.69, 9.17) is 5.73 Å². The third kappa shape index (κ3) is 2.86. The first kappa shape index (κ1) is 13.9. The van der Waals surface area contributed by atoms with Gasteiger partial charge in [-0.15, -0.1) is 11.3 Å². The molecule has 0 aliphatic carbocycles. The average Bonchev–Trinajstić information content (AvgIpc) is 2.97. The van der Waals surface area contributed by atoms with Gasteiger partial charge in [-0.2, -0.15) is 0 Å². The third-order valence-corrected chi connectivity index (χ3v) is 4.09. The molecule has 21 heavy (non-hydrogen) atoms. The van der Waals surface area contributed by atoms with E-state index in [0.717, 1.165) is 28.1 Å². The number of nitrogens with two attached hydrogens (primary N) is 1. The van der Waals surface area contributed by atoms with Crippen LogP contribution in [-0.2, 0) is 0 Å². The quantitative estimate of drug-likeness (QED) is 0.785. The molecule has 0 aliphatic heterocycles. The van der Waals surface area contributed by atoms with E-state index >= 15 is 0 Å². The molecule has 0 saturated heterocycles. The fourth-order valence-electron chi connectivity index (χ4n) is 2.22. The van der Waals surface area contributed by atoms with Gasteiger partial charge in [0.05, 0.1) is 10.2 Å². The maximum absolute atomic E-state index is 13.5. The molecule has 0 radical (unpaired) electrons. The molecule has 1 aromatic carbocycles. The van der Waals surface area contributed by atoms with Crippen molar-refractivity contribution in [2.45, 2.75) is 6.42 Å². The Morgan fingerprint density at radius 2 is 2.14 bits per heavy atom. The minimum absolute atomic E-state index is 0.262. The first-order chi connectivity index (χ1) is 10.3. The van der Waals surface area contributed by atoms with Gasteiger partial charge in [0, 0.05) is 12.2 Å². The van der Waals surface area contributed by atoms with Crippen molar-refractivity contribution in [3.8, 4) is 0 Å². The first-order valence-corrected chi connectivity index (χ1v) is 7.59. The highest BCUT2D eigenvalue weighted by Gasteiger charge is 2.15. The fourth-order valence-corrected chi connectivity index (χ4v) is 3.06. The number of hydrogen-bond donors (Lipinski definition) is 1. The Morgan fingerprint density at radius 3 is 2.95 bits per heavy atom. The van der Waals surface area contributed by atoms with Crippen LogP contribution in [0.2, 0.25) is 0 Å². The van der Waals surface area contributed by atoms with Crippen molar-refractivity contribution < 1.29 is 4.39 Å². The lowest BCUT2D eigenvalue weighted by Gasteiger charge is -2.24. The topological polar surface area (TPSA) is 55.0 Å². The zero-order chi connectivity index (χ0) is 14.7. The van der Waals surface area contributed by atoms with Crippen LogP contribution < -0.4 is 10.6 Å². The van der Waals surface area contributed by atoms with Gasteiger partial charge in [-0.25, -0.2) is 14.4 Å². The van der Waals surface area contributed by atoms with Crippen LogP contribution in [0.15, 0.2) is 42.0 Å². The number of benzene rings is 1. The fraction of sp³-hybridized carbons (Fsp3) is 0.200. The molecule has 4 nitrogen and oxygen atoms in total. The molecule has 2 N–H and O–H groups in total. The van der Waals surface area contributed by atoms with Gasteiger partial charge in [-0.1, -0.05) is 6.07 Å². The number of hydrogen-bond acceptors (Lipinski definition) is 5. The predicted octanol–water partition coefficient (Wildman–Crippen LogP) is 3.32. The summed E-state index contributed by atoms with van der Waals surface area (Å²) in [4.78, 5) is 10.6. The van der Waals surface area contributed by atoms with Gasteiger partial charge in [-0.3, -0.25) is 0 Å². The number of nitrogens with zero attached hydrogens (tertiary/aromatic N) is 3. The van der Waals surface area contributed by atoms with Crippen molar-refractivity contribution in [2.75, 3.05) is 18.0 Å². The molecule has 6 heteroatoms. The summed E-state index contributed by atoms with van der Waals surface area (Å²) in [5.74, 6) is 0.538. The monoisotopic (exact) mass is 302 g/mol. The summed E-state index contributed by atoms with van der Waals surface area (Å²) >= 11 is 1.58. The summed E-state index contributed by atoms with van der Waals surface area (Å²) in [6, 6.07) is 8.48. The van der Waals surface area contributed by atoms with Gasteiger partial charge in [0.15, 0.2) is 5.82 Å². The molecule has 0 amide bonds. The summed E-state index contributed by atoms with van der Waals surface area (Å²) in [5, 5.41) is 1.98. The van der Waals surface area contributed by atoms with Gasteiger partial charge in [-0.05, 0) is 42.6 Å². The number of aromatic nitrogens is 2. The number of halogens is 1. The van der Waals surface area contributed by atoms with E-state index in [9.17, 15) is 4.39 Å². The van der Waals surface area contributed by atoms with Gasteiger partial charge < -0.3 is 10.6 Å².